The molecule has 1 heterocycles. The number of alkyl carbamates (subject to hydrolysis) is 1. The number of amides is 2. The summed E-state index contributed by atoms with van der Waals surface area (Å²) in [5, 5.41) is 17.5. The molecule has 0 aliphatic rings. The van der Waals surface area contributed by atoms with Crippen LogP contribution in [0.5, 0.6) is 0 Å². The Bertz CT molecular complexity index is 1200. The minimum absolute atomic E-state index is 0.0436. The number of nitrogens with zero attached hydrogens (tertiary/aromatic N) is 2. The first kappa shape index (κ1) is 24.6. The highest BCUT2D eigenvalue weighted by molar-refractivity contribution is 9.10. The average Bonchev–Trinajstić information content (AvgIpc) is 3.27. The monoisotopic (exact) mass is 528 g/mol. The smallest absolute Gasteiger partial charge is 0.407 e. The average molecular weight is 529 g/mol. The van der Waals surface area contributed by atoms with Crippen LogP contribution in [0.2, 0.25) is 0 Å². The molecule has 0 aliphatic carbocycles. The van der Waals surface area contributed by atoms with E-state index in [9.17, 15) is 19.7 Å². The molecule has 2 aromatic carbocycles. The topological polar surface area (TPSA) is 136 Å². The molecule has 0 radical (unpaired) electrons. The van der Waals surface area contributed by atoms with Gasteiger partial charge in [0.05, 0.1) is 30.2 Å². The van der Waals surface area contributed by atoms with Gasteiger partial charge in [0.2, 0.25) is 5.91 Å². The van der Waals surface area contributed by atoms with E-state index in [0.717, 1.165) is 5.56 Å². The summed E-state index contributed by atoms with van der Waals surface area (Å²) in [6.07, 6.45) is 0.657. The number of nitro benzene ring substituents is 1. The van der Waals surface area contributed by atoms with E-state index >= 15 is 0 Å². The molecule has 0 bridgehead atoms. The van der Waals surface area contributed by atoms with Crippen molar-refractivity contribution in [2.75, 3.05) is 6.61 Å². The second-order valence-corrected chi connectivity index (χ2v) is 7.80. The Morgan fingerprint density at radius 2 is 1.97 bits per heavy atom. The minimum Gasteiger partial charge on any atom is -0.455 e. The molecule has 176 valence electrons. The molecule has 3 aromatic rings. The predicted molar refractivity (Wildman–Crippen MR) is 128 cm³/mol. The van der Waals surface area contributed by atoms with E-state index in [1.165, 1.54) is 18.3 Å². The number of halogens is 1. The van der Waals surface area contributed by atoms with E-state index in [1.807, 2.05) is 18.2 Å². The third kappa shape index (κ3) is 6.75. The second-order valence-electron chi connectivity index (χ2n) is 6.95. The molecule has 0 saturated heterocycles. The van der Waals surface area contributed by atoms with Crippen LogP contribution < -0.4 is 10.7 Å². The van der Waals surface area contributed by atoms with E-state index in [0.29, 0.717) is 21.6 Å². The lowest BCUT2D eigenvalue weighted by Gasteiger charge is -2.17. The molecular weight excluding hydrogens is 508 g/mol. The number of furan rings is 1. The van der Waals surface area contributed by atoms with Gasteiger partial charge in [-0.05, 0) is 46.6 Å². The minimum atomic E-state index is -0.617. The third-order valence-corrected chi connectivity index (χ3v) is 5.25. The fourth-order valence-corrected chi connectivity index (χ4v) is 3.60. The maximum absolute atomic E-state index is 12.4. The van der Waals surface area contributed by atoms with Crippen molar-refractivity contribution < 1.29 is 23.7 Å². The van der Waals surface area contributed by atoms with Crippen molar-refractivity contribution in [3.8, 4) is 11.3 Å². The zero-order chi connectivity index (χ0) is 24.5. The molecule has 0 aliphatic heterocycles. The number of nitro groups is 1. The summed E-state index contributed by atoms with van der Waals surface area (Å²) >= 11 is 3.31. The molecule has 0 spiro atoms. The molecule has 11 heteroatoms. The molecule has 10 nitrogen and oxygen atoms in total. The number of carbonyl (C=O) groups is 2. The van der Waals surface area contributed by atoms with Crippen LogP contribution in [0.25, 0.3) is 11.3 Å². The van der Waals surface area contributed by atoms with Crippen molar-refractivity contribution in [2.24, 2.45) is 5.10 Å². The van der Waals surface area contributed by atoms with Gasteiger partial charge in [0.25, 0.3) is 5.69 Å². The van der Waals surface area contributed by atoms with Gasteiger partial charge in [-0.15, -0.1) is 0 Å². The Hall–Kier alpha value is -3.99. The molecular formula is C23H21BrN4O6. The quantitative estimate of drug-likeness (QED) is 0.229. The first-order chi connectivity index (χ1) is 16.4. The molecule has 0 fully saturated rings. The zero-order valence-corrected chi connectivity index (χ0v) is 19.7. The van der Waals surface area contributed by atoms with Gasteiger partial charge in [-0.1, -0.05) is 30.3 Å². The van der Waals surface area contributed by atoms with Crippen LogP contribution in [0.4, 0.5) is 10.5 Å². The molecule has 34 heavy (non-hydrogen) atoms. The standard InChI is InChI=1S/C23H21BrN4O6/c1-2-33-23(30)26-20(15-6-4-3-5-7-15)13-22(29)27-25-14-17-9-11-21(34-17)18-10-8-16(28(31)32)12-19(18)24/h3-12,14,20H,2,13H2,1H3,(H,26,30)(H,27,29)/b25-14-/t20-/m0/s1. The number of hydrazone groups is 1. The lowest BCUT2D eigenvalue weighted by molar-refractivity contribution is -0.384. The second kappa shape index (κ2) is 11.8. The number of benzene rings is 2. The molecule has 2 N–H and O–H groups in total. The van der Waals surface area contributed by atoms with Gasteiger partial charge in [-0.25, -0.2) is 10.2 Å². The summed E-state index contributed by atoms with van der Waals surface area (Å²) in [4.78, 5) is 34.7. The van der Waals surface area contributed by atoms with Gasteiger partial charge < -0.3 is 14.5 Å². The van der Waals surface area contributed by atoms with Crippen LogP contribution in [-0.4, -0.2) is 29.7 Å². The number of ether oxygens (including phenoxy) is 1. The van der Waals surface area contributed by atoms with Crippen LogP contribution in [0, 0.1) is 10.1 Å². The summed E-state index contributed by atoms with van der Waals surface area (Å²) < 4.78 is 11.1. The SMILES string of the molecule is CCOC(=O)N[C@@H](CC(=O)N/N=C\c1ccc(-c2ccc([N+](=O)[O-])cc2Br)o1)c1ccccc1. The van der Waals surface area contributed by atoms with Crippen molar-refractivity contribution >= 4 is 39.8 Å². The van der Waals surface area contributed by atoms with E-state index in [2.05, 4.69) is 31.8 Å². The molecule has 2 amide bonds. The number of nitrogens with one attached hydrogen (secondary N) is 2. The predicted octanol–water partition coefficient (Wildman–Crippen LogP) is 4.94. The number of rotatable bonds is 9. The van der Waals surface area contributed by atoms with Crippen LogP contribution in [-0.2, 0) is 9.53 Å². The Labute approximate surface area is 203 Å². The lowest BCUT2D eigenvalue weighted by atomic mass is 10.0. The maximum atomic E-state index is 12.4. The Balaban J connectivity index is 1.62. The first-order valence-electron chi connectivity index (χ1n) is 10.2. The van der Waals surface area contributed by atoms with E-state index in [-0.39, 0.29) is 18.7 Å². The van der Waals surface area contributed by atoms with E-state index in [1.54, 1.807) is 37.3 Å². The Morgan fingerprint density at radius 3 is 2.65 bits per heavy atom. The van der Waals surface area contributed by atoms with E-state index < -0.39 is 23.0 Å². The maximum Gasteiger partial charge on any atom is 0.407 e. The summed E-state index contributed by atoms with van der Waals surface area (Å²) in [6, 6.07) is 16.1. The number of hydrogen-bond acceptors (Lipinski definition) is 7. The normalized spacial score (nSPS) is 11.7. The van der Waals surface area contributed by atoms with Crippen molar-refractivity contribution in [3.05, 3.63) is 86.6 Å². The number of hydrogen-bond donors (Lipinski definition) is 2. The highest BCUT2D eigenvalue weighted by Crippen LogP contribution is 2.32. The highest BCUT2D eigenvalue weighted by Gasteiger charge is 2.19. The summed E-state index contributed by atoms with van der Waals surface area (Å²) in [5.41, 5.74) is 3.75. The van der Waals surface area contributed by atoms with Crippen molar-refractivity contribution in [1.82, 2.24) is 10.7 Å². The summed E-state index contributed by atoms with van der Waals surface area (Å²) in [7, 11) is 0. The molecule has 1 aromatic heterocycles. The van der Waals surface area contributed by atoms with Crippen LogP contribution in [0.15, 0.2) is 74.7 Å². The van der Waals surface area contributed by atoms with E-state index in [4.69, 9.17) is 9.15 Å². The third-order valence-electron chi connectivity index (χ3n) is 4.60. The first-order valence-corrected chi connectivity index (χ1v) is 11.0. The molecule has 3 rings (SSSR count). The molecule has 0 saturated carbocycles. The van der Waals surface area contributed by atoms with Crippen molar-refractivity contribution in [2.45, 2.75) is 19.4 Å². The number of non-ortho nitro benzene ring substituents is 1. The van der Waals surface area contributed by atoms with Gasteiger partial charge in [-0.3, -0.25) is 14.9 Å². The van der Waals surface area contributed by atoms with Crippen molar-refractivity contribution in [1.29, 1.82) is 0 Å². The lowest BCUT2D eigenvalue weighted by Crippen LogP contribution is -2.33. The fourth-order valence-electron chi connectivity index (χ4n) is 3.04. The molecule has 1 atom stereocenters. The van der Waals surface area contributed by atoms with Gasteiger partial charge >= 0.3 is 6.09 Å². The fraction of sp³-hybridized carbons (Fsp3) is 0.174. The van der Waals surface area contributed by atoms with Crippen LogP contribution >= 0.6 is 15.9 Å². The zero-order valence-electron chi connectivity index (χ0n) is 18.1. The van der Waals surface area contributed by atoms with Gasteiger partial charge in [-0.2, -0.15) is 5.10 Å². The summed E-state index contributed by atoms with van der Waals surface area (Å²) in [5.74, 6) is 0.411. The Morgan fingerprint density at radius 1 is 1.21 bits per heavy atom. The van der Waals surface area contributed by atoms with Gasteiger partial charge in [0.15, 0.2) is 0 Å². The Kier molecular flexibility index (Phi) is 8.52. The largest absolute Gasteiger partial charge is 0.455 e. The van der Waals surface area contributed by atoms with Crippen LogP contribution in [0.3, 0.4) is 0 Å². The summed E-state index contributed by atoms with van der Waals surface area (Å²) in [6.45, 7) is 1.91. The van der Waals surface area contributed by atoms with Gasteiger partial charge in [0, 0.05) is 22.2 Å². The molecule has 0 unspecified atom stereocenters. The number of carbonyl (C=O) groups excluding carboxylic acids is 2. The highest BCUT2D eigenvalue weighted by atomic mass is 79.9. The van der Waals surface area contributed by atoms with Gasteiger partial charge in [0.1, 0.15) is 11.5 Å². The van der Waals surface area contributed by atoms with Crippen LogP contribution in [0.1, 0.15) is 30.7 Å². The van der Waals surface area contributed by atoms with Crippen molar-refractivity contribution in [3.63, 3.8) is 0 Å².